The summed E-state index contributed by atoms with van der Waals surface area (Å²) in [5.41, 5.74) is 1.46. The molecule has 0 unspecified atom stereocenters. The van der Waals surface area contributed by atoms with Gasteiger partial charge in [0.15, 0.2) is 10.9 Å². The van der Waals surface area contributed by atoms with Crippen LogP contribution in [0.2, 0.25) is 0 Å². The van der Waals surface area contributed by atoms with Crippen molar-refractivity contribution in [3.05, 3.63) is 94.6 Å². The number of β-amino-alcohol motifs (C(OH)–C–C–N with tert-alkyl or cyclic N) is 1. The topological polar surface area (TPSA) is 165 Å². The Morgan fingerprint density at radius 1 is 1.02 bits per heavy atom. The number of hydrogen-bond donors (Lipinski definition) is 2. The molecule has 3 aromatic carbocycles. The normalized spacial score (nSPS) is 17.9. The van der Waals surface area contributed by atoms with Gasteiger partial charge >= 0.3 is 6.18 Å². The fourth-order valence-electron chi connectivity index (χ4n) is 7.88. The van der Waals surface area contributed by atoms with Gasteiger partial charge in [0.1, 0.15) is 23.9 Å². The van der Waals surface area contributed by atoms with Crippen molar-refractivity contribution in [2.24, 2.45) is 5.41 Å². The first-order chi connectivity index (χ1) is 30.6. The van der Waals surface area contributed by atoms with Gasteiger partial charge in [0.05, 0.1) is 64.3 Å². The molecule has 0 saturated carbocycles. The molecule has 2 N–H and O–H groups in total. The highest BCUT2D eigenvalue weighted by Crippen LogP contribution is 2.40. The van der Waals surface area contributed by atoms with E-state index in [0.717, 1.165) is 38.7 Å². The third-order valence-electron chi connectivity index (χ3n) is 11.4. The molecule has 0 bridgehead atoms. The molecule has 3 atom stereocenters. The molecule has 65 heavy (non-hydrogen) atoms. The molecule has 1 aromatic heterocycles. The van der Waals surface area contributed by atoms with Crippen LogP contribution in [0.15, 0.2) is 72.2 Å². The maximum absolute atomic E-state index is 14.0. The van der Waals surface area contributed by atoms with Gasteiger partial charge in [0, 0.05) is 31.5 Å². The minimum atomic E-state index is -4.82. The number of halogens is 3. The van der Waals surface area contributed by atoms with Gasteiger partial charge in [0.2, 0.25) is 11.8 Å². The number of amides is 3. The number of aliphatic hydroxyl groups excluding tert-OH is 1. The zero-order valence-electron chi connectivity index (χ0n) is 36.9. The van der Waals surface area contributed by atoms with Crippen LogP contribution in [-0.2, 0) is 36.5 Å². The number of aliphatic hydroxyl groups is 1. The number of benzene rings is 3. The summed E-state index contributed by atoms with van der Waals surface area (Å²) in [4.78, 5) is 63.6. The lowest BCUT2D eigenvalue weighted by Gasteiger charge is -2.35. The first-order valence-corrected chi connectivity index (χ1v) is 22.3. The molecule has 4 aromatic rings. The minimum absolute atomic E-state index is 0.0106. The molecular formula is C47H51F3N6O7S2. The summed E-state index contributed by atoms with van der Waals surface area (Å²) in [5, 5.41) is 22.6. The number of nitrogens with zero attached hydrogens (tertiary/aromatic N) is 5. The van der Waals surface area contributed by atoms with Gasteiger partial charge in [-0.25, -0.2) is 4.98 Å². The monoisotopic (exact) mass is 932 g/mol. The number of thiocarbonyl (C=S) groups is 1. The summed E-state index contributed by atoms with van der Waals surface area (Å²) >= 11 is 7.18. The van der Waals surface area contributed by atoms with Crippen LogP contribution >= 0.6 is 23.6 Å². The van der Waals surface area contributed by atoms with Gasteiger partial charge in [-0.15, -0.1) is 11.3 Å². The lowest BCUT2D eigenvalue weighted by Crippen LogP contribution is -2.56. The number of nitrogens with one attached hydrogen (secondary N) is 1. The zero-order valence-corrected chi connectivity index (χ0v) is 38.5. The standard InChI is InChI=1S/C47H51F3N6O7S2/c1-28-40(65-27-52-28)30-10-7-29(8-11-30)9-18-38(58)37-24-34(57)26-54(37)42(60)41(45(2,3)4)53-39(59)19-20-62-21-22-63-35-16-14-32(15-17-35)56-44(64)55(43(61)46(56,5)6)33-13-12-31(25-51)36(23-33)47(48,49)50/h7-8,10-17,23,27,34,37,41,57H,9,18-22,24,26H2,1-6H3,(H,53,59)/t34-,37+,41-/m1/s1. The Hall–Kier alpha value is -5.74. The predicted molar refractivity (Wildman–Crippen MR) is 243 cm³/mol. The van der Waals surface area contributed by atoms with Crippen molar-refractivity contribution in [1.82, 2.24) is 15.2 Å². The molecule has 0 radical (unpaired) electrons. The van der Waals surface area contributed by atoms with E-state index in [9.17, 15) is 42.7 Å². The van der Waals surface area contributed by atoms with Crippen LogP contribution < -0.4 is 19.9 Å². The molecular weight excluding hydrogens is 882 g/mol. The number of thiazole rings is 1. The van der Waals surface area contributed by atoms with E-state index >= 15 is 0 Å². The second kappa shape index (κ2) is 19.8. The average molecular weight is 933 g/mol. The van der Waals surface area contributed by atoms with E-state index in [1.54, 1.807) is 55.0 Å². The first kappa shape index (κ1) is 48.7. The van der Waals surface area contributed by atoms with Crippen LogP contribution in [-0.4, -0.2) is 93.7 Å². The molecule has 2 aliphatic rings. The second-order valence-corrected chi connectivity index (χ2v) is 18.8. The summed E-state index contributed by atoms with van der Waals surface area (Å²) in [7, 11) is 0. The van der Waals surface area contributed by atoms with Crippen LogP contribution in [0.5, 0.6) is 5.75 Å². The Kier molecular flexibility index (Phi) is 14.8. The largest absolute Gasteiger partial charge is 0.491 e. The molecule has 2 fully saturated rings. The molecule has 3 amide bonds. The van der Waals surface area contributed by atoms with Gasteiger partial charge in [-0.05, 0) is 98.4 Å². The van der Waals surface area contributed by atoms with Crippen molar-refractivity contribution in [3.63, 3.8) is 0 Å². The summed E-state index contributed by atoms with van der Waals surface area (Å²) in [6.07, 6.45) is -4.95. The molecule has 0 aliphatic carbocycles. The van der Waals surface area contributed by atoms with Crippen LogP contribution in [0, 0.1) is 23.7 Å². The van der Waals surface area contributed by atoms with E-state index in [2.05, 4.69) is 10.3 Å². The number of carbonyl (C=O) groups is 4. The molecule has 2 aliphatic heterocycles. The maximum Gasteiger partial charge on any atom is 0.417 e. The second-order valence-electron chi connectivity index (χ2n) is 17.6. The smallest absolute Gasteiger partial charge is 0.417 e. The van der Waals surface area contributed by atoms with E-state index in [1.807, 2.05) is 52.0 Å². The van der Waals surface area contributed by atoms with Gasteiger partial charge in [-0.3, -0.25) is 24.1 Å². The number of ketones is 1. The molecule has 18 heteroatoms. The first-order valence-electron chi connectivity index (χ1n) is 21.0. The van der Waals surface area contributed by atoms with Crippen molar-refractivity contribution in [3.8, 4) is 22.3 Å². The number of likely N-dealkylation sites (tertiary alicyclic amines) is 1. The average Bonchev–Trinajstić information content (AvgIpc) is 3.92. The quantitative estimate of drug-likeness (QED) is 0.0850. The zero-order chi connectivity index (χ0) is 47.4. The summed E-state index contributed by atoms with van der Waals surface area (Å²) in [5.74, 6) is -1.11. The summed E-state index contributed by atoms with van der Waals surface area (Å²) in [6.45, 7) is 10.9. The minimum Gasteiger partial charge on any atom is -0.491 e. The van der Waals surface area contributed by atoms with Gasteiger partial charge < -0.3 is 29.7 Å². The molecule has 6 rings (SSSR count). The Labute approximate surface area is 385 Å². The molecule has 13 nitrogen and oxygen atoms in total. The number of alkyl halides is 3. The van der Waals surface area contributed by atoms with Gasteiger partial charge in [-0.1, -0.05) is 45.0 Å². The molecule has 344 valence electrons. The lowest BCUT2D eigenvalue weighted by atomic mass is 9.85. The molecule has 0 spiro atoms. The van der Waals surface area contributed by atoms with Crippen molar-refractivity contribution in [1.29, 1.82) is 5.26 Å². The Balaban J connectivity index is 0.965. The van der Waals surface area contributed by atoms with E-state index in [0.29, 0.717) is 17.9 Å². The number of rotatable bonds is 16. The number of ether oxygens (including phenoxy) is 2. The Bertz CT molecular complexity index is 2460. The summed E-state index contributed by atoms with van der Waals surface area (Å²) in [6, 6.07) is 17.3. The third kappa shape index (κ3) is 11.0. The van der Waals surface area contributed by atoms with Crippen LogP contribution in [0.4, 0.5) is 24.5 Å². The van der Waals surface area contributed by atoms with Crippen LogP contribution in [0.25, 0.3) is 10.4 Å². The number of nitriles is 1. The Morgan fingerprint density at radius 3 is 2.31 bits per heavy atom. The fraction of sp³-hybridized carbons (Fsp3) is 0.426. The maximum atomic E-state index is 14.0. The van der Waals surface area contributed by atoms with Crippen LogP contribution in [0.3, 0.4) is 0 Å². The third-order valence-corrected chi connectivity index (χ3v) is 12.7. The summed E-state index contributed by atoms with van der Waals surface area (Å²) < 4.78 is 52.6. The van der Waals surface area contributed by atoms with Crippen molar-refractivity contribution >= 4 is 63.5 Å². The highest BCUT2D eigenvalue weighted by Gasteiger charge is 2.51. The van der Waals surface area contributed by atoms with Gasteiger partial charge in [-0.2, -0.15) is 18.4 Å². The van der Waals surface area contributed by atoms with E-state index in [-0.39, 0.29) is 62.2 Å². The number of Topliss-reactive ketones (excluding diaryl/α,β-unsaturated/α-hetero) is 1. The Morgan fingerprint density at radius 2 is 1.69 bits per heavy atom. The highest BCUT2D eigenvalue weighted by atomic mass is 32.1. The van der Waals surface area contributed by atoms with Crippen molar-refractivity contribution in [2.75, 3.05) is 36.2 Å². The number of carbonyl (C=O) groups excluding carboxylic acids is 4. The number of aromatic nitrogens is 1. The van der Waals surface area contributed by atoms with E-state index in [4.69, 9.17) is 21.7 Å². The molecule has 3 heterocycles. The molecule has 2 saturated heterocycles. The lowest BCUT2D eigenvalue weighted by molar-refractivity contribution is -0.143. The van der Waals surface area contributed by atoms with Crippen molar-refractivity contribution < 1.29 is 46.9 Å². The van der Waals surface area contributed by atoms with Gasteiger partial charge in [0.25, 0.3) is 5.91 Å². The fourth-order valence-corrected chi connectivity index (χ4v) is 9.22. The number of aryl methyl sites for hydroxylation is 2. The number of anilines is 2. The van der Waals surface area contributed by atoms with E-state index in [1.165, 1.54) is 21.9 Å². The number of hydrogen-bond acceptors (Lipinski definition) is 11. The highest BCUT2D eigenvalue weighted by molar-refractivity contribution is 7.81. The van der Waals surface area contributed by atoms with E-state index < -0.39 is 64.2 Å². The predicted octanol–water partition coefficient (Wildman–Crippen LogP) is 7.41. The van der Waals surface area contributed by atoms with Crippen molar-refractivity contribution in [2.45, 2.75) is 97.1 Å². The SMILES string of the molecule is Cc1ncsc1-c1ccc(CCC(=O)[C@@H]2C[C@@H](O)CN2C(=O)[C@@H](NC(=O)CCOCCOc2ccc(N3C(=S)N(c4ccc(C#N)c(C(F)(F)F)c4)C(=O)C3(C)C)cc2)C(C)(C)C)cc1. The van der Waals surface area contributed by atoms with Crippen LogP contribution in [0.1, 0.15) is 76.3 Å².